The van der Waals surface area contributed by atoms with E-state index in [0.717, 1.165) is 0 Å². The highest BCUT2D eigenvalue weighted by atomic mass is 16.7. The summed E-state index contributed by atoms with van der Waals surface area (Å²) in [5, 5.41) is 104. The van der Waals surface area contributed by atoms with Gasteiger partial charge in [0.05, 0.1) is 38.5 Å². The van der Waals surface area contributed by atoms with Crippen LogP contribution in [0, 0.1) is 5.92 Å². The Labute approximate surface area is 408 Å². The normalized spacial score (nSPS) is 26.9. The van der Waals surface area contributed by atoms with Gasteiger partial charge >= 0.3 is 0 Å². The number of benzene rings is 2. The zero-order valence-electron chi connectivity index (χ0n) is 39.2. The van der Waals surface area contributed by atoms with E-state index in [2.05, 4.69) is 26.6 Å². The number of phenols is 1. The van der Waals surface area contributed by atoms with Gasteiger partial charge in [0.25, 0.3) is 0 Å². The van der Waals surface area contributed by atoms with Crippen molar-refractivity contribution in [2.45, 2.75) is 138 Å². The van der Waals surface area contributed by atoms with Crippen molar-refractivity contribution in [1.29, 1.82) is 0 Å². The molecule has 0 saturated carbocycles. The molecule has 18 N–H and O–H groups in total. The number of nitrogens with two attached hydrogens (primary N) is 2. The number of carbonyl (C=O) groups is 6. The molecule has 396 valence electrons. The predicted octanol–water partition coefficient (Wildman–Crippen LogP) is -6.89. The van der Waals surface area contributed by atoms with Crippen LogP contribution in [0.25, 0.3) is 0 Å². The summed E-state index contributed by atoms with van der Waals surface area (Å²) in [5.74, 6) is -5.80. The number of aliphatic hydroxyl groups is 8. The van der Waals surface area contributed by atoms with E-state index in [4.69, 9.17) is 30.4 Å². The summed E-state index contributed by atoms with van der Waals surface area (Å²) in [4.78, 5) is 79.8. The summed E-state index contributed by atoms with van der Waals surface area (Å²) >= 11 is 0. The number of ether oxygens (including phenoxy) is 4. The Bertz CT molecular complexity index is 2050. The van der Waals surface area contributed by atoms with Crippen LogP contribution >= 0.6 is 0 Å². The van der Waals surface area contributed by atoms with E-state index in [1.807, 2.05) is 0 Å². The number of primary amides is 1. The summed E-state index contributed by atoms with van der Waals surface area (Å²) in [7, 11) is 0. The Morgan fingerprint density at radius 1 is 0.662 bits per heavy atom. The van der Waals surface area contributed by atoms with E-state index in [9.17, 15) is 74.7 Å². The van der Waals surface area contributed by atoms with E-state index >= 15 is 0 Å². The van der Waals surface area contributed by atoms with Gasteiger partial charge in [-0.3, -0.25) is 28.8 Å². The lowest BCUT2D eigenvalue weighted by molar-refractivity contribution is -0.359. The summed E-state index contributed by atoms with van der Waals surface area (Å²) in [6.07, 6.45) is -19.1. The van der Waals surface area contributed by atoms with E-state index in [1.165, 1.54) is 19.1 Å². The van der Waals surface area contributed by atoms with Crippen LogP contribution in [-0.2, 0) is 60.6 Å². The number of hydrogen-bond donors (Lipinski definition) is 16. The van der Waals surface area contributed by atoms with Crippen molar-refractivity contribution in [3.8, 4) is 5.75 Å². The van der Waals surface area contributed by atoms with Crippen LogP contribution in [0.5, 0.6) is 5.75 Å². The Kier molecular flexibility index (Phi) is 22.4. The molecule has 26 heteroatoms. The highest BCUT2D eigenvalue weighted by Crippen LogP contribution is 2.29. The van der Waals surface area contributed by atoms with E-state index in [1.54, 1.807) is 56.3 Å². The molecule has 2 saturated heterocycles. The van der Waals surface area contributed by atoms with Gasteiger partial charge in [0.2, 0.25) is 35.4 Å². The van der Waals surface area contributed by atoms with Gasteiger partial charge in [0, 0.05) is 6.42 Å². The van der Waals surface area contributed by atoms with Crippen molar-refractivity contribution in [3.63, 3.8) is 0 Å². The molecule has 2 aliphatic rings. The maximum absolute atomic E-state index is 14.0. The van der Waals surface area contributed by atoms with E-state index in [-0.39, 0.29) is 30.9 Å². The van der Waals surface area contributed by atoms with Crippen LogP contribution in [0.15, 0.2) is 54.6 Å². The van der Waals surface area contributed by atoms with Crippen molar-refractivity contribution in [3.05, 3.63) is 65.7 Å². The number of carbonyl (C=O) groups excluding carboxylic acids is 6. The topological polar surface area (TPSA) is 434 Å². The lowest BCUT2D eigenvalue weighted by Gasteiger charge is -2.46. The number of hydrogen-bond acceptors (Lipinski definition) is 20. The number of aromatic hydroxyl groups is 1. The molecule has 1 unspecified atom stereocenters. The SMILES string of the molecule is CC(C)C[C@H](NC(=O)[C@H](Cc1ccccc1)NC(=O)CNC(=O)C(NC(=O)[C@@H](N)Cc1ccc(O)cc1)[C@@H](C)O)C(=O)N[C@@H](CO[C@@H]1O[C@H](CO)[C@@H](O[C@@H]2O[C@H](CO)[C@H](O)[C@H](O)[C@H]2O)[C@H](O)[C@H]1O)C(N)=O. The third kappa shape index (κ3) is 16.8. The zero-order valence-corrected chi connectivity index (χ0v) is 39.2. The first-order valence-corrected chi connectivity index (χ1v) is 22.8. The van der Waals surface area contributed by atoms with Gasteiger partial charge in [-0.2, -0.15) is 0 Å². The van der Waals surface area contributed by atoms with E-state index in [0.29, 0.717) is 11.1 Å². The molecule has 4 rings (SSSR count). The molecule has 6 amide bonds. The first-order chi connectivity index (χ1) is 33.5. The molecule has 26 nitrogen and oxygen atoms in total. The number of rotatable bonds is 25. The summed E-state index contributed by atoms with van der Waals surface area (Å²) in [6, 6.07) is 7.29. The summed E-state index contributed by atoms with van der Waals surface area (Å²) in [5.41, 5.74) is 12.8. The monoisotopic (exact) mass is 1010 g/mol. The molecular formula is C45H67N7O19. The van der Waals surface area contributed by atoms with Crippen molar-refractivity contribution >= 4 is 35.4 Å². The van der Waals surface area contributed by atoms with Gasteiger partial charge in [-0.05, 0) is 48.9 Å². The fourth-order valence-corrected chi connectivity index (χ4v) is 7.55. The standard InChI is InChI=1S/C45H67N7O19/c1-20(2)13-26(41(65)51-28(39(47)63)19-68-44-37(62)35(60)38(30(18-54)70-44)71-45-36(61)34(59)33(58)29(17-53)69-45)50-42(66)27(15-22-7-5-4-6-8-22)49-31(57)16-48-43(67)32(21(3)55)52-40(64)25(46)14-23-9-11-24(56)12-10-23/h4-12,20-21,25-30,32-38,44-45,53-56,58-62H,13-19,46H2,1-3H3,(H2,47,63)(H,48,67)(H,49,57)(H,50,66)(H,51,65)(H,52,64)/t21-,25+,26+,27+,28+,29-,30-,32?,33+,34+,35-,36-,37-,38-,44-,45+/m1/s1. The molecular weight excluding hydrogens is 943 g/mol. The average molecular weight is 1010 g/mol. The van der Waals surface area contributed by atoms with Gasteiger partial charge in [0.15, 0.2) is 12.6 Å². The van der Waals surface area contributed by atoms with Crippen molar-refractivity contribution in [2.24, 2.45) is 17.4 Å². The van der Waals surface area contributed by atoms with Crippen LogP contribution < -0.4 is 38.1 Å². The average Bonchev–Trinajstić information content (AvgIpc) is 3.33. The largest absolute Gasteiger partial charge is 0.508 e. The highest BCUT2D eigenvalue weighted by molar-refractivity contribution is 5.95. The minimum atomic E-state index is -1.98. The number of phenolic OH excluding ortho intramolecular Hbond substituents is 1. The summed E-state index contributed by atoms with van der Waals surface area (Å²) in [6.45, 7) is 1.50. The van der Waals surface area contributed by atoms with Gasteiger partial charge in [0.1, 0.15) is 78.7 Å². The molecule has 71 heavy (non-hydrogen) atoms. The lowest BCUT2D eigenvalue weighted by Crippen LogP contribution is -2.65. The highest BCUT2D eigenvalue weighted by Gasteiger charge is 2.51. The smallest absolute Gasteiger partial charge is 0.245 e. The van der Waals surface area contributed by atoms with Crippen LogP contribution in [-0.4, -0.2) is 205 Å². The van der Waals surface area contributed by atoms with Gasteiger partial charge in [-0.15, -0.1) is 0 Å². The van der Waals surface area contributed by atoms with Crippen molar-refractivity contribution < 1.29 is 93.7 Å². The van der Waals surface area contributed by atoms with Crippen LogP contribution in [0.4, 0.5) is 0 Å². The van der Waals surface area contributed by atoms with Crippen LogP contribution in [0.3, 0.4) is 0 Å². The van der Waals surface area contributed by atoms with E-state index < -0.39 is 160 Å². The van der Waals surface area contributed by atoms with Gasteiger partial charge in [-0.1, -0.05) is 56.3 Å². The molecule has 0 bridgehead atoms. The molecule has 0 radical (unpaired) electrons. The quantitative estimate of drug-likeness (QED) is 0.0439. The molecule has 2 fully saturated rings. The predicted molar refractivity (Wildman–Crippen MR) is 243 cm³/mol. The lowest BCUT2D eigenvalue weighted by atomic mass is 9.97. The third-order valence-corrected chi connectivity index (χ3v) is 11.5. The molecule has 2 aromatic rings. The second-order valence-electron chi connectivity index (χ2n) is 17.7. The third-order valence-electron chi connectivity index (χ3n) is 11.5. The fraction of sp³-hybridized carbons (Fsp3) is 0.600. The zero-order chi connectivity index (χ0) is 52.7. The van der Waals surface area contributed by atoms with Crippen LogP contribution in [0.2, 0.25) is 0 Å². The molecule has 2 aliphatic heterocycles. The van der Waals surface area contributed by atoms with Gasteiger partial charge < -0.3 is 103 Å². The van der Waals surface area contributed by atoms with Crippen molar-refractivity contribution in [2.75, 3.05) is 26.4 Å². The minimum Gasteiger partial charge on any atom is -0.508 e. The number of amides is 6. The Morgan fingerprint density at radius 3 is 1.83 bits per heavy atom. The van der Waals surface area contributed by atoms with Crippen LogP contribution in [0.1, 0.15) is 38.3 Å². The molecule has 16 atom stereocenters. The molecule has 2 aromatic carbocycles. The molecule has 0 aliphatic carbocycles. The number of aliphatic hydroxyl groups excluding tert-OH is 8. The second kappa shape index (κ2) is 27.4. The fourth-order valence-electron chi connectivity index (χ4n) is 7.55. The maximum atomic E-state index is 14.0. The minimum absolute atomic E-state index is 0.00959. The Morgan fingerprint density at radius 2 is 1.24 bits per heavy atom. The summed E-state index contributed by atoms with van der Waals surface area (Å²) < 4.78 is 22.0. The molecule has 0 spiro atoms. The Hall–Kier alpha value is -5.46. The molecule has 2 heterocycles. The molecule has 0 aromatic heterocycles. The maximum Gasteiger partial charge on any atom is 0.245 e. The second-order valence-corrected chi connectivity index (χ2v) is 17.7. The first-order valence-electron chi connectivity index (χ1n) is 22.8. The first kappa shape index (κ1) is 58.1. The Balaban J connectivity index is 1.39. The number of nitrogens with one attached hydrogen (secondary N) is 5. The van der Waals surface area contributed by atoms with Gasteiger partial charge in [-0.25, -0.2) is 0 Å². The van der Waals surface area contributed by atoms with Crippen molar-refractivity contribution in [1.82, 2.24) is 26.6 Å².